The van der Waals surface area contributed by atoms with Gasteiger partial charge in [0.1, 0.15) is 0 Å². The van der Waals surface area contributed by atoms with Gasteiger partial charge in [-0.15, -0.1) is 0 Å². The third kappa shape index (κ3) is 3.82. The molecular weight excluding hydrogens is 390 g/mol. The van der Waals surface area contributed by atoms with E-state index < -0.39 is 0 Å². The molecule has 6 heteroatoms. The van der Waals surface area contributed by atoms with Crippen molar-refractivity contribution in [1.29, 1.82) is 0 Å². The predicted octanol–water partition coefficient (Wildman–Crippen LogP) is 3.05. The Morgan fingerprint density at radius 2 is 1.84 bits per heavy atom. The molecule has 1 unspecified atom stereocenters. The number of carbonyl (C=O) groups excluding carboxylic acids is 3. The van der Waals surface area contributed by atoms with Crippen LogP contribution in [0.4, 0.5) is 11.4 Å². The van der Waals surface area contributed by atoms with Gasteiger partial charge in [0, 0.05) is 43.3 Å². The van der Waals surface area contributed by atoms with Crippen LogP contribution in [0.2, 0.25) is 0 Å². The van der Waals surface area contributed by atoms with E-state index in [0.29, 0.717) is 19.6 Å². The molecule has 1 atom stereocenters. The fourth-order valence-corrected chi connectivity index (χ4v) is 4.72. The molecule has 1 aliphatic carbocycles. The monoisotopic (exact) mass is 417 g/mol. The van der Waals surface area contributed by atoms with Gasteiger partial charge in [0.05, 0.1) is 5.92 Å². The first kappa shape index (κ1) is 19.8. The maximum absolute atomic E-state index is 12.7. The van der Waals surface area contributed by atoms with E-state index in [1.54, 1.807) is 4.90 Å². The maximum Gasteiger partial charge on any atom is 0.230 e. The fraction of sp³-hybridized carbons (Fsp3) is 0.400. The molecule has 2 aromatic rings. The van der Waals surface area contributed by atoms with Gasteiger partial charge in [-0.3, -0.25) is 14.4 Å². The zero-order valence-corrected chi connectivity index (χ0v) is 17.5. The van der Waals surface area contributed by atoms with Crippen molar-refractivity contribution in [2.75, 3.05) is 22.9 Å². The molecular formula is C25H27N3O3. The standard InChI is InChI=1S/C25H27N3O3/c29-23-14-20(24(30)26-15-17-5-2-1-3-6-17)16-28(23)21-9-10-22-19(13-21)11-12-27(22)25(31)18-7-4-8-18/h1-3,5-6,9-10,13,18,20H,4,7-8,11-12,14-16H2,(H,26,30). The van der Waals surface area contributed by atoms with Crippen molar-refractivity contribution in [1.82, 2.24) is 5.32 Å². The zero-order valence-electron chi connectivity index (χ0n) is 17.5. The first-order chi connectivity index (χ1) is 15.1. The largest absolute Gasteiger partial charge is 0.352 e. The molecule has 2 aliphatic heterocycles. The van der Waals surface area contributed by atoms with E-state index in [-0.39, 0.29) is 36.0 Å². The van der Waals surface area contributed by atoms with Crippen molar-refractivity contribution in [2.24, 2.45) is 11.8 Å². The third-order valence-corrected chi connectivity index (χ3v) is 6.80. The van der Waals surface area contributed by atoms with E-state index >= 15 is 0 Å². The summed E-state index contributed by atoms with van der Waals surface area (Å²) in [5.41, 5.74) is 3.94. The average molecular weight is 418 g/mol. The molecule has 0 spiro atoms. The van der Waals surface area contributed by atoms with Gasteiger partial charge in [0.15, 0.2) is 0 Å². The topological polar surface area (TPSA) is 69.7 Å². The molecule has 0 bridgehead atoms. The third-order valence-electron chi connectivity index (χ3n) is 6.80. The van der Waals surface area contributed by atoms with Crippen LogP contribution in [0, 0.1) is 11.8 Å². The number of amides is 3. The van der Waals surface area contributed by atoms with Gasteiger partial charge in [-0.2, -0.15) is 0 Å². The lowest BCUT2D eigenvalue weighted by Gasteiger charge is -2.29. The Hall–Kier alpha value is -3.15. The van der Waals surface area contributed by atoms with Gasteiger partial charge in [0.25, 0.3) is 0 Å². The van der Waals surface area contributed by atoms with Gasteiger partial charge in [0.2, 0.25) is 17.7 Å². The lowest BCUT2D eigenvalue weighted by atomic mass is 9.84. The van der Waals surface area contributed by atoms with Crippen molar-refractivity contribution < 1.29 is 14.4 Å². The summed E-state index contributed by atoms with van der Waals surface area (Å²) in [4.78, 5) is 41.6. The molecule has 5 rings (SSSR count). The minimum Gasteiger partial charge on any atom is -0.352 e. The van der Waals surface area contributed by atoms with Crippen LogP contribution in [0.25, 0.3) is 0 Å². The number of anilines is 2. The number of hydrogen-bond donors (Lipinski definition) is 1. The minimum atomic E-state index is -0.346. The highest BCUT2D eigenvalue weighted by molar-refractivity contribution is 6.01. The Balaban J connectivity index is 1.24. The number of carbonyl (C=O) groups is 3. The Morgan fingerprint density at radius 3 is 2.58 bits per heavy atom. The molecule has 3 aliphatic rings. The van der Waals surface area contributed by atoms with Gasteiger partial charge in [-0.25, -0.2) is 0 Å². The summed E-state index contributed by atoms with van der Waals surface area (Å²) in [6.45, 7) is 1.57. The number of fused-ring (bicyclic) bond motifs is 1. The smallest absolute Gasteiger partial charge is 0.230 e. The van der Waals surface area contributed by atoms with Crippen LogP contribution in [0.15, 0.2) is 48.5 Å². The van der Waals surface area contributed by atoms with E-state index in [1.165, 1.54) is 0 Å². The molecule has 3 amide bonds. The molecule has 160 valence electrons. The van der Waals surface area contributed by atoms with Crippen LogP contribution in [0.5, 0.6) is 0 Å². The van der Waals surface area contributed by atoms with Crippen LogP contribution >= 0.6 is 0 Å². The van der Waals surface area contributed by atoms with Crippen molar-refractivity contribution in [3.05, 3.63) is 59.7 Å². The number of nitrogens with zero attached hydrogens (tertiary/aromatic N) is 2. The van der Waals surface area contributed by atoms with Crippen LogP contribution in [0.3, 0.4) is 0 Å². The zero-order chi connectivity index (χ0) is 21.4. The van der Waals surface area contributed by atoms with Gasteiger partial charge < -0.3 is 15.1 Å². The second kappa shape index (κ2) is 8.17. The molecule has 31 heavy (non-hydrogen) atoms. The van der Waals surface area contributed by atoms with Gasteiger partial charge >= 0.3 is 0 Å². The highest BCUT2D eigenvalue weighted by Crippen LogP contribution is 2.37. The molecule has 2 heterocycles. The number of hydrogen-bond acceptors (Lipinski definition) is 3. The van der Waals surface area contributed by atoms with E-state index in [4.69, 9.17) is 0 Å². The number of nitrogens with one attached hydrogen (secondary N) is 1. The lowest BCUT2D eigenvalue weighted by Crippen LogP contribution is -2.37. The second-order valence-corrected chi connectivity index (χ2v) is 8.79. The summed E-state index contributed by atoms with van der Waals surface area (Å²) >= 11 is 0. The SMILES string of the molecule is O=C(NCc1ccccc1)C1CC(=O)N(c2ccc3c(c2)CCN3C(=O)C2CCC2)C1. The molecule has 2 aromatic carbocycles. The number of benzene rings is 2. The van der Waals surface area contributed by atoms with Crippen LogP contribution in [-0.2, 0) is 27.3 Å². The normalized spacial score (nSPS) is 20.5. The summed E-state index contributed by atoms with van der Waals surface area (Å²) in [5, 5.41) is 2.95. The molecule has 1 saturated carbocycles. The predicted molar refractivity (Wildman–Crippen MR) is 119 cm³/mol. The lowest BCUT2D eigenvalue weighted by molar-refractivity contribution is -0.126. The summed E-state index contributed by atoms with van der Waals surface area (Å²) < 4.78 is 0. The summed E-state index contributed by atoms with van der Waals surface area (Å²) in [7, 11) is 0. The molecule has 6 nitrogen and oxygen atoms in total. The van der Waals surface area contributed by atoms with E-state index in [1.807, 2.05) is 53.4 Å². The summed E-state index contributed by atoms with van der Waals surface area (Å²) in [6, 6.07) is 15.7. The Bertz CT molecular complexity index is 1020. The first-order valence-electron chi connectivity index (χ1n) is 11.2. The average Bonchev–Trinajstić information content (AvgIpc) is 3.34. The second-order valence-electron chi connectivity index (χ2n) is 8.79. The Morgan fingerprint density at radius 1 is 1.03 bits per heavy atom. The van der Waals surface area contributed by atoms with Crippen molar-refractivity contribution >= 4 is 29.1 Å². The quantitative estimate of drug-likeness (QED) is 0.813. The first-order valence-corrected chi connectivity index (χ1v) is 11.2. The van der Waals surface area contributed by atoms with Gasteiger partial charge in [-0.1, -0.05) is 36.8 Å². The number of rotatable bonds is 5. The van der Waals surface area contributed by atoms with Crippen molar-refractivity contribution in [3.63, 3.8) is 0 Å². The van der Waals surface area contributed by atoms with E-state index in [2.05, 4.69) is 5.32 Å². The molecule has 0 aromatic heterocycles. The van der Waals surface area contributed by atoms with Crippen molar-refractivity contribution in [2.45, 2.75) is 38.6 Å². The summed E-state index contributed by atoms with van der Waals surface area (Å²) in [6.07, 6.45) is 4.18. The minimum absolute atomic E-state index is 0.0276. The van der Waals surface area contributed by atoms with Gasteiger partial charge in [-0.05, 0) is 48.6 Å². The van der Waals surface area contributed by atoms with Crippen LogP contribution in [-0.4, -0.2) is 30.8 Å². The van der Waals surface area contributed by atoms with E-state index in [9.17, 15) is 14.4 Å². The van der Waals surface area contributed by atoms with E-state index in [0.717, 1.165) is 48.2 Å². The Kier molecular flexibility index (Phi) is 5.22. The van der Waals surface area contributed by atoms with Crippen molar-refractivity contribution in [3.8, 4) is 0 Å². The fourth-order valence-electron chi connectivity index (χ4n) is 4.72. The van der Waals surface area contributed by atoms with Crippen LogP contribution in [0.1, 0.15) is 36.8 Å². The molecule has 2 fully saturated rings. The Labute approximate surface area is 182 Å². The molecule has 1 N–H and O–H groups in total. The summed E-state index contributed by atoms with van der Waals surface area (Å²) in [5.74, 6) is -0.0365. The maximum atomic E-state index is 12.7. The molecule has 1 saturated heterocycles. The molecule has 0 radical (unpaired) electrons. The van der Waals surface area contributed by atoms with Crippen LogP contribution < -0.4 is 15.1 Å². The highest BCUT2D eigenvalue weighted by atomic mass is 16.2. The highest BCUT2D eigenvalue weighted by Gasteiger charge is 2.37.